The van der Waals surface area contributed by atoms with Crippen LogP contribution in [0.3, 0.4) is 0 Å². The Bertz CT molecular complexity index is 531. The standard InChI is InChI=1S/C16H21FN2O2/c17-12-10-13(15(20)21)14(18-11-12)19-8-6-16(7-9-19)4-2-1-3-5-16/h10-11H,1-9H2,(H,20,21). The summed E-state index contributed by atoms with van der Waals surface area (Å²) in [5.41, 5.74) is 0.424. The van der Waals surface area contributed by atoms with Crippen LogP contribution in [0.2, 0.25) is 0 Å². The van der Waals surface area contributed by atoms with Crippen molar-refractivity contribution in [3.05, 3.63) is 23.6 Å². The molecule has 0 unspecified atom stereocenters. The monoisotopic (exact) mass is 292 g/mol. The second-order valence-electron chi connectivity index (χ2n) is 6.38. The number of anilines is 1. The van der Waals surface area contributed by atoms with Gasteiger partial charge in [-0.05, 0) is 37.2 Å². The van der Waals surface area contributed by atoms with E-state index in [1.807, 2.05) is 4.90 Å². The fraction of sp³-hybridized carbons (Fsp3) is 0.625. The van der Waals surface area contributed by atoms with Crippen LogP contribution in [-0.2, 0) is 0 Å². The van der Waals surface area contributed by atoms with Crippen molar-refractivity contribution in [1.82, 2.24) is 4.98 Å². The molecular formula is C16H21FN2O2. The summed E-state index contributed by atoms with van der Waals surface area (Å²) in [5.74, 6) is -1.30. The zero-order valence-corrected chi connectivity index (χ0v) is 12.1. The molecule has 21 heavy (non-hydrogen) atoms. The largest absolute Gasteiger partial charge is 0.478 e. The van der Waals surface area contributed by atoms with Crippen molar-refractivity contribution in [2.45, 2.75) is 44.9 Å². The molecular weight excluding hydrogens is 271 g/mol. The van der Waals surface area contributed by atoms with Crippen LogP contribution < -0.4 is 4.90 Å². The van der Waals surface area contributed by atoms with Crippen LogP contribution in [0.15, 0.2) is 12.3 Å². The number of carboxylic acid groups (broad SMARTS) is 1. The molecule has 5 heteroatoms. The zero-order chi connectivity index (χ0) is 14.9. The molecule has 1 aliphatic carbocycles. The van der Waals surface area contributed by atoms with Crippen molar-refractivity contribution in [2.24, 2.45) is 5.41 Å². The topological polar surface area (TPSA) is 53.4 Å². The second-order valence-corrected chi connectivity index (χ2v) is 6.38. The first-order chi connectivity index (χ1) is 10.1. The number of halogens is 1. The summed E-state index contributed by atoms with van der Waals surface area (Å²) in [4.78, 5) is 17.3. The fourth-order valence-corrected chi connectivity index (χ4v) is 3.84. The van der Waals surface area contributed by atoms with E-state index in [4.69, 9.17) is 0 Å². The van der Waals surface area contributed by atoms with Gasteiger partial charge in [0.15, 0.2) is 0 Å². The molecule has 1 aromatic rings. The molecule has 0 radical (unpaired) electrons. The summed E-state index contributed by atoms with van der Waals surface area (Å²) in [5, 5.41) is 9.23. The van der Waals surface area contributed by atoms with E-state index < -0.39 is 11.8 Å². The molecule has 1 saturated heterocycles. The van der Waals surface area contributed by atoms with Gasteiger partial charge in [0.2, 0.25) is 0 Å². The molecule has 114 valence electrons. The van der Waals surface area contributed by atoms with Crippen LogP contribution in [-0.4, -0.2) is 29.1 Å². The van der Waals surface area contributed by atoms with E-state index >= 15 is 0 Å². The van der Waals surface area contributed by atoms with Crippen LogP contribution in [0, 0.1) is 11.2 Å². The lowest BCUT2D eigenvalue weighted by atomic mass is 9.68. The highest BCUT2D eigenvalue weighted by Gasteiger charge is 2.36. The lowest BCUT2D eigenvalue weighted by Gasteiger charge is -2.44. The van der Waals surface area contributed by atoms with Gasteiger partial charge in [-0.2, -0.15) is 0 Å². The maximum Gasteiger partial charge on any atom is 0.339 e. The molecule has 2 heterocycles. The molecule has 1 aliphatic heterocycles. The number of rotatable bonds is 2. The van der Waals surface area contributed by atoms with E-state index in [2.05, 4.69) is 4.98 Å². The molecule has 2 fully saturated rings. The van der Waals surface area contributed by atoms with Crippen molar-refractivity contribution >= 4 is 11.8 Å². The Labute approximate surface area is 124 Å². The Kier molecular flexibility index (Phi) is 3.83. The predicted molar refractivity (Wildman–Crippen MR) is 78.1 cm³/mol. The van der Waals surface area contributed by atoms with E-state index in [1.165, 1.54) is 32.1 Å². The van der Waals surface area contributed by atoms with Crippen LogP contribution in [0.4, 0.5) is 10.2 Å². The van der Waals surface area contributed by atoms with Gasteiger partial charge in [-0.1, -0.05) is 19.3 Å². The number of pyridine rings is 1. The minimum absolute atomic E-state index is 0.0328. The SMILES string of the molecule is O=C(O)c1cc(F)cnc1N1CCC2(CCCCC2)CC1. The first-order valence-corrected chi connectivity index (χ1v) is 7.73. The summed E-state index contributed by atoms with van der Waals surface area (Å²) in [6.45, 7) is 1.64. The summed E-state index contributed by atoms with van der Waals surface area (Å²) in [6.07, 6.45) is 9.84. The lowest BCUT2D eigenvalue weighted by Crippen LogP contribution is -2.42. The first-order valence-electron chi connectivity index (χ1n) is 7.73. The number of aromatic nitrogens is 1. The van der Waals surface area contributed by atoms with E-state index in [-0.39, 0.29) is 5.56 Å². The van der Waals surface area contributed by atoms with E-state index in [0.717, 1.165) is 38.2 Å². The molecule has 1 aromatic heterocycles. The fourth-order valence-electron chi connectivity index (χ4n) is 3.84. The van der Waals surface area contributed by atoms with Gasteiger partial charge < -0.3 is 10.0 Å². The Hall–Kier alpha value is -1.65. The van der Waals surface area contributed by atoms with Crippen molar-refractivity contribution in [3.8, 4) is 0 Å². The maximum absolute atomic E-state index is 13.2. The Morgan fingerprint density at radius 2 is 1.86 bits per heavy atom. The van der Waals surface area contributed by atoms with Crippen molar-refractivity contribution in [1.29, 1.82) is 0 Å². The Balaban J connectivity index is 1.76. The first kappa shape index (κ1) is 14.3. The maximum atomic E-state index is 13.2. The summed E-state index contributed by atoms with van der Waals surface area (Å²) in [6, 6.07) is 1.07. The van der Waals surface area contributed by atoms with E-state index in [1.54, 1.807) is 0 Å². The van der Waals surface area contributed by atoms with Crippen LogP contribution >= 0.6 is 0 Å². The van der Waals surface area contributed by atoms with E-state index in [0.29, 0.717) is 11.2 Å². The molecule has 0 amide bonds. The van der Waals surface area contributed by atoms with Crippen molar-refractivity contribution in [2.75, 3.05) is 18.0 Å². The van der Waals surface area contributed by atoms with Gasteiger partial charge in [0.25, 0.3) is 0 Å². The second kappa shape index (κ2) is 5.62. The number of hydrogen-bond donors (Lipinski definition) is 1. The quantitative estimate of drug-likeness (QED) is 0.907. The molecule has 1 N–H and O–H groups in total. The third-order valence-electron chi connectivity index (χ3n) is 5.10. The van der Waals surface area contributed by atoms with Gasteiger partial charge in [0, 0.05) is 13.1 Å². The number of piperidine rings is 1. The molecule has 1 saturated carbocycles. The number of hydrogen-bond acceptors (Lipinski definition) is 3. The highest BCUT2D eigenvalue weighted by Crippen LogP contribution is 2.45. The molecule has 3 rings (SSSR count). The normalized spacial score (nSPS) is 21.5. The van der Waals surface area contributed by atoms with Gasteiger partial charge >= 0.3 is 5.97 Å². The third kappa shape index (κ3) is 2.87. The summed E-state index contributed by atoms with van der Waals surface area (Å²) >= 11 is 0. The van der Waals surface area contributed by atoms with Gasteiger partial charge in [-0.15, -0.1) is 0 Å². The summed E-state index contributed by atoms with van der Waals surface area (Å²) < 4.78 is 13.2. The zero-order valence-electron chi connectivity index (χ0n) is 12.1. The molecule has 4 nitrogen and oxygen atoms in total. The smallest absolute Gasteiger partial charge is 0.339 e. The van der Waals surface area contributed by atoms with Crippen LogP contribution in [0.5, 0.6) is 0 Å². The minimum atomic E-state index is -1.12. The van der Waals surface area contributed by atoms with Gasteiger partial charge in [0.05, 0.1) is 6.20 Å². The van der Waals surface area contributed by atoms with Gasteiger partial charge in [-0.3, -0.25) is 0 Å². The average Bonchev–Trinajstić information content (AvgIpc) is 2.49. The Morgan fingerprint density at radius 3 is 2.48 bits per heavy atom. The molecule has 1 spiro atoms. The van der Waals surface area contributed by atoms with Crippen molar-refractivity contribution < 1.29 is 14.3 Å². The van der Waals surface area contributed by atoms with Gasteiger partial charge in [-0.25, -0.2) is 14.2 Å². The number of aromatic carboxylic acids is 1. The minimum Gasteiger partial charge on any atom is -0.478 e. The van der Waals surface area contributed by atoms with Crippen LogP contribution in [0.1, 0.15) is 55.3 Å². The van der Waals surface area contributed by atoms with E-state index in [9.17, 15) is 14.3 Å². The lowest BCUT2D eigenvalue weighted by molar-refractivity contribution is 0.0696. The third-order valence-corrected chi connectivity index (χ3v) is 5.10. The highest BCUT2D eigenvalue weighted by molar-refractivity contribution is 5.93. The van der Waals surface area contributed by atoms with Crippen LogP contribution in [0.25, 0.3) is 0 Å². The summed E-state index contributed by atoms with van der Waals surface area (Å²) in [7, 11) is 0. The van der Waals surface area contributed by atoms with Crippen molar-refractivity contribution in [3.63, 3.8) is 0 Å². The molecule has 2 aliphatic rings. The highest BCUT2D eigenvalue weighted by atomic mass is 19.1. The number of carboxylic acids is 1. The predicted octanol–water partition coefficient (Wildman–Crippen LogP) is 3.47. The Morgan fingerprint density at radius 1 is 1.19 bits per heavy atom. The average molecular weight is 292 g/mol. The van der Waals surface area contributed by atoms with Gasteiger partial charge in [0.1, 0.15) is 17.2 Å². The molecule has 0 atom stereocenters. The number of carbonyl (C=O) groups is 1. The molecule has 0 bridgehead atoms. The number of nitrogens with zero attached hydrogens (tertiary/aromatic N) is 2. The molecule has 0 aromatic carbocycles.